The summed E-state index contributed by atoms with van der Waals surface area (Å²) < 4.78 is 35.2. The van der Waals surface area contributed by atoms with Crippen molar-refractivity contribution in [3.8, 4) is 11.5 Å². The van der Waals surface area contributed by atoms with Crippen LogP contribution in [0, 0.1) is 0 Å². The normalized spacial score (nSPS) is 15.4. The van der Waals surface area contributed by atoms with E-state index in [9.17, 15) is 8.78 Å². The van der Waals surface area contributed by atoms with Crippen molar-refractivity contribution in [1.29, 1.82) is 0 Å². The van der Waals surface area contributed by atoms with Crippen molar-refractivity contribution in [3.05, 3.63) is 60.3 Å². The number of benzene rings is 2. The van der Waals surface area contributed by atoms with Crippen LogP contribution in [0.5, 0.6) is 11.5 Å². The second-order valence-electron chi connectivity index (χ2n) is 7.70. The third-order valence-electron chi connectivity index (χ3n) is 5.48. The number of ether oxygens (including phenoxy) is 2. The molecule has 0 saturated carbocycles. The highest BCUT2D eigenvalue weighted by atomic mass is 19.3. The van der Waals surface area contributed by atoms with Crippen LogP contribution in [-0.2, 0) is 6.54 Å². The van der Waals surface area contributed by atoms with Gasteiger partial charge in [-0.2, -0.15) is 8.78 Å². The van der Waals surface area contributed by atoms with E-state index in [0.29, 0.717) is 18.4 Å². The van der Waals surface area contributed by atoms with Crippen LogP contribution in [0.25, 0.3) is 10.9 Å². The van der Waals surface area contributed by atoms with E-state index >= 15 is 0 Å². The summed E-state index contributed by atoms with van der Waals surface area (Å²) in [5.41, 5.74) is 3.07. The average molecular weight is 427 g/mol. The van der Waals surface area contributed by atoms with E-state index in [1.54, 1.807) is 12.1 Å². The Bertz CT molecular complexity index is 1010. The van der Waals surface area contributed by atoms with Gasteiger partial charge in [-0.25, -0.2) is 0 Å². The molecule has 0 aliphatic carbocycles. The van der Waals surface area contributed by atoms with Crippen molar-refractivity contribution in [2.45, 2.75) is 39.0 Å². The Morgan fingerprint density at radius 2 is 1.90 bits per heavy atom. The average Bonchev–Trinajstić information content (AvgIpc) is 2.77. The first kappa shape index (κ1) is 21.3. The number of nitrogens with zero attached hydrogens (tertiary/aromatic N) is 2. The van der Waals surface area contributed by atoms with E-state index in [-0.39, 0.29) is 5.75 Å². The monoisotopic (exact) mass is 427 g/mol. The smallest absolute Gasteiger partial charge is 0.387 e. The fourth-order valence-corrected chi connectivity index (χ4v) is 3.99. The molecule has 0 atom stereocenters. The van der Waals surface area contributed by atoms with Crippen LogP contribution < -0.4 is 14.8 Å². The van der Waals surface area contributed by atoms with Crippen LogP contribution in [0.2, 0.25) is 0 Å². The van der Waals surface area contributed by atoms with Gasteiger partial charge in [-0.15, -0.1) is 0 Å². The molecule has 4 rings (SSSR count). The van der Waals surface area contributed by atoms with Crippen molar-refractivity contribution in [2.75, 3.05) is 25.0 Å². The molecule has 0 spiro atoms. The summed E-state index contributed by atoms with van der Waals surface area (Å²) >= 11 is 0. The molecule has 1 aromatic heterocycles. The van der Waals surface area contributed by atoms with Gasteiger partial charge >= 0.3 is 6.61 Å². The van der Waals surface area contributed by atoms with Gasteiger partial charge in [0.2, 0.25) is 0 Å². The Hall–Kier alpha value is -2.93. The number of likely N-dealkylation sites (tertiary alicyclic amines) is 1. The van der Waals surface area contributed by atoms with Crippen LogP contribution in [0.3, 0.4) is 0 Å². The van der Waals surface area contributed by atoms with Gasteiger partial charge in [-0.05, 0) is 49.6 Å². The van der Waals surface area contributed by atoms with Crippen molar-refractivity contribution < 1.29 is 18.3 Å². The minimum Gasteiger partial charge on any atom is -0.490 e. The molecule has 7 heteroatoms. The maximum absolute atomic E-state index is 12.6. The maximum atomic E-state index is 12.6. The number of hydrogen-bond donors (Lipinski definition) is 1. The predicted molar refractivity (Wildman–Crippen MR) is 118 cm³/mol. The van der Waals surface area contributed by atoms with E-state index in [0.717, 1.165) is 54.6 Å². The van der Waals surface area contributed by atoms with E-state index in [1.807, 2.05) is 37.4 Å². The molecular weight excluding hydrogens is 400 g/mol. The molecule has 164 valence electrons. The Morgan fingerprint density at radius 3 is 2.68 bits per heavy atom. The van der Waals surface area contributed by atoms with Gasteiger partial charge in [0, 0.05) is 31.1 Å². The first-order valence-corrected chi connectivity index (χ1v) is 10.6. The SMILES string of the molecule is CCOc1cc(CN2CCC(Nc3cnc4ccccc4c3)CC2)ccc1OC(F)F. The van der Waals surface area contributed by atoms with Gasteiger partial charge in [0.1, 0.15) is 0 Å². The molecule has 0 amide bonds. The molecular formula is C24H27F2N3O2. The fourth-order valence-electron chi connectivity index (χ4n) is 3.99. The number of pyridine rings is 1. The first-order chi connectivity index (χ1) is 15.1. The lowest BCUT2D eigenvalue weighted by Crippen LogP contribution is -2.38. The van der Waals surface area contributed by atoms with Gasteiger partial charge in [0.15, 0.2) is 11.5 Å². The molecule has 1 N–H and O–H groups in total. The molecule has 2 aromatic carbocycles. The molecule has 1 aliphatic heterocycles. The zero-order valence-corrected chi connectivity index (χ0v) is 17.6. The number of fused-ring (bicyclic) bond motifs is 1. The number of alkyl halides is 2. The molecule has 2 heterocycles. The van der Waals surface area contributed by atoms with Crippen molar-refractivity contribution >= 4 is 16.6 Å². The molecule has 3 aromatic rings. The third kappa shape index (κ3) is 5.61. The highest BCUT2D eigenvalue weighted by molar-refractivity contribution is 5.81. The Labute approximate surface area is 181 Å². The Kier molecular flexibility index (Phi) is 6.82. The second kappa shape index (κ2) is 9.92. The number of piperidine rings is 1. The number of aromatic nitrogens is 1. The standard InChI is InChI=1S/C24H27F2N3O2/c1-2-30-23-13-17(7-8-22(23)31-24(25)26)16-29-11-9-19(10-12-29)28-20-14-18-5-3-4-6-21(18)27-15-20/h3-8,13-15,19,24,28H,2,9-12,16H2,1H3. The number of nitrogens with one attached hydrogen (secondary N) is 1. The number of para-hydroxylation sites is 1. The van der Waals surface area contributed by atoms with Crippen LogP contribution in [-0.4, -0.2) is 42.2 Å². The number of halogens is 2. The predicted octanol–water partition coefficient (Wildman–Crippen LogP) is 5.31. The molecule has 0 radical (unpaired) electrons. The van der Waals surface area contributed by atoms with Gasteiger partial charge in [0.25, 0.3) is 0 Å². The van der Waals surface area contributed by atoms with Gasteiger partial charge in [0.05, 0.1) is 24.0 Å². The van der Waals surface area contributed by atoms with Gasteiger partial charge < -0.3 is 14.8 Å². The summed E-state index contributed by atoms with van der Waals surface area (Å²) in [5, 5.41) is 4.75. The van der Waals surface area contributed by atoms with Crippen LogP contribution >= 0.6 is 0 Å². The molecule has 0 bridgehead atoms. The lowest BCUT2D eigenvalue weighted by Gasteiger charge is -2.33. The van der Waals surface area contributed by atoms with E-state index < -0.39 is 6.61 Å². The minimum absolute atomic E-state index is 0.0764. The fraction of sp³-hybridized carbons (Fsp3) is 0.375. The quantitative estimate of drug-likeness (QED) is 0.528. The van der Waals surface area contributed by atoms with E-state index in [2.05, 4.69) is 32.1 Å². The lowest BCUT2D eigenvalue weighted by molar-refractivity contribution is -0.0514. The van der Waals surface area contributed by atoms with Crippen LogP contribution in [0.15, 0.2) is 54.7 Å². The highest BCUT2D eigenvalue weighted by Crippen LogP contribution is 2.31. The second-order valence-corrected chi connectivity index (χ2v) is 7.70. The number of rotatable bonds is 8. The van der Waals surface area contributed by atoms with E-state index in [4.69, 9.17) is 4.74 Å². The van der Waals surface area contributed by atoms with Crippen molar-refractivity contribution in [3.63, 3.8) is 0 Å². The zero-order valence-electron chi connectivity index (χ0n) is 17.6. The number of anilines is 1. The van der Waals surface area contributed by atoms with Crippen molar-refractivity contribution in [1.82, 2.24) is 9.88 Å². The first-order valence-electron chi connectivity index (χ1n) is 10.6. The molecule has 5 nitrogen and oxygen atoms in total. The molecule has 1 fully saturated rings. The van der Waals surface area contributed by atoms with Crippen LogP contribution in [0.4, 0.5) is 14.5 Å². The Morgan fingerprint density at radius 1 is 1.10 bits per heavy atom. The largest absolute Gasteiger partial charge is 0.490 e. The summed E-state index contributed by atoms with van der Waals surface area (Å²) in [7, 11) is 0. The lowest BCUT2D eigenvalue weighted by atomic mass is 10.0. The van der Waals surface area contributed by atoms with Gasteiger partial charge in [-0.1, -0.05) is 24.3 Å². The van der Waals surface area contributed by atoms with E-state index in [1.165, 1.54) is 0 Å². The van der Waals surface area contributed by atoms with Gasteiger partial charge in [-0.3, -0.25) is 9.88 Å². The van der Waals surface area contributed by atoms with Crippen molar-refractivity contribution in [2.24, 2.45) is 0 Å². The Balaban J connectivity index is 1.32. The molecule has 1 saturated heterocycles. The summed E-state index contributed by atoms with van der Waals surface area (Å²) in [6.45, 7) is 2.01. The molecule has 0 unspecified atom stereocenters. The summed E-state index contributed by atoms with van der Waals surface area (Å²) in [5.74, 6) is 0.438. The number of hydrogen-bond acceptors (Lipinski definition) is 5. The maximum Gasteiger partial charge on any atom is 0.387 e. The highest BCUT2D eigenvalue weighted by Gasteiger charge is 2.20. The van der Waals surface area contributed by atoms with Crippen LogP contribution in [0.1, 0.15) is 25.3 Å². The summed E-state index contributed by atoms with van der Waals surface area (Å²) in [6, 6.07) is 15.8. The minimum atomic E-state index is -2.87. The zero-order chi connectivity index (χ0) is 21.6. The summed E-state index contributed by atoms with van der Waals surface area (Å²) in [6.07, 6.45) is 3.95. The summed E-state index contributed by atoms with van der Waals surface area (Å²) in [4.78, 5) is 6.89. The topological polar surface area (TPSA) is 46.6 Å². The third-order valence-corrected chi connectivity index (χ3v) is 5.48. The molecule has 31 heavy (non-hydrogen) atoms. The molecule has 1 aliphatic rings.